The monoisotopic (exact) mass is 221 g/mol. The lowest BCUT2D eigenvalue weighted by Crippen LogP contribution is -2.38. The molecule has 5 nitrogen and oxygen atoms in total. The van der Waals surface area contributed by atoms with Gasteiger partial charge in [0.15, 0.2) is 0 Å². The van der Waals surface area contributed by atoms with Crippen molar-refractivity contribution < 1.29 is 4.79 Å². The Bertz CT molecular complexity index is 437. The van der Waals surface area contributed by atoms with Gasteiger partial charge in [-0.1, -0.05) is 6.07 Å². The number of carbonyl (C=O) groups is 1. The first-order chi connectivity index (χ1) is 7.72. The quantitative estimate of drug-likeness (QED) is 0.747. The molecule has 0 radical (unpaired) electrons. The molecule has 0 spiro atoms. The molecule has 0 aliphatic heterocycles. The molecule has 0 saturated heterocycles. The fourth-order valence-corrected chi connectivity index (χ4v) is 1.70. The maximum atomic E-state index is 12.1. The number of hydrogen-bond donors (Lipinski definition) is 2. The average Bonchev–Trinajstić information content (AvgIpc) is 3.09. The molecule has 0 bridgehead atoms. The first kappa shape index (κ1) is 10.9. The standard InChI is InChI=1S/C11H15N3O2/c12-6-7-14(8-4-5-8)11(16)9-2-1-3-10(15)13-9/h1-3,8H,4-7,12H2,(H,13,15). The number of pyridine rings is 1. The van der Waals surface area contributed by atoms with E-state index in [2.05, 4.69) is 4.98 Å². The average molecular weight is 221 g/mol. The Morgan fingerprint density at radius 2 is 2.25 bits per heavy atom. The molecule has 1 aliphatic carbocycles. The van der Waals surface area contributed by atoms with Gasteiger partial charge in [-0.3, -0.25) is 9.59 Å². The van der Waals surface area contributed by atoms with Crippen LogP contribution in [0.3, 0.4) is 0 Å². The summed E-state index contributed by atoms with van der Waals surface area (Å²) >= 11 is 0. The molecule has 3 N–H and O–H groups in total. The molecule has 1 saturated carbocycles. The molecule has 86 valence electrons. The van der Waals surface area contributed by atoms with Crippen molar-refractivity contribution in [2.75, 3.05) is 13.1 Å². The van der Waals surface area contributed by atoms with Crippen LogP contribution in [0.25, 0.3) is 0 Å². The molecule has 1 aromatic rings. The van der Waals surface area contributed by atoms with Crippen molar-refractivity contribution in [2.45, 2.75) is 18.9 Å². The van der Waals surface area contributed by atoms with Gasteiger partial charge >= 0.3 is 0 Å². The van der Waals surface area contributed by atoms with Crippen LogP contribution in [0.2, 0.25) is 0 Å². The van der Waals surface area contributed by atoms with Crippen LogP contribution in [0.5, 0.6) is 0 Å². The number of rotatable bonds is 4. The molecule has 0 aromatic carbocycles. The predicted molar refractivity (Wildman–Crippen MR) is 60.2 cm³/mol. The van der Waals surface area contributed by atoms with Gasteiger partial charge < -0.3 is 15.6 Å². The number of aromatic nitrogens is 1. The lowest BCUT2D eigenvalue weighted by molar-refractivity contribution is 0.0742. The van der Waals surface area contributed by atoms with Crippen molar-refractivity contribution in [1.29, 1.82) is 0 Å². The Hall–Kier alpha value is -1.62. The molecule has 1 aromatic heterocycles. The molecule has 0 atom stereocenters. The molecule has 1 aliphatic rings. The number of carbonyl (C=O) groups excluding carboxylic acids is 1. The highest BCUT2D eigenvalue weighted by Crippen LogP contribution is 2.27. The third-order valence-corrected chi connectivity index (χ3v) is 2.62. The molecule has 1 amide bonds. The summed E-state index contributed by atoms with van der Waals surface area (Å²) in [6.45, 7) is 0.986. The summed E-state index contributed by atoms with van der Waals surface area (Å²) in [6, 6.07) is 4.90. The molecule has 2 rings (SSSR count). The van der Waals surface area contributed by atoms with E-state index in [1.54, 1.807) is 17.0 Å². The highest BCUT2D eigenvalue weighted by atomic mass is 16.2. The Labute approximate surface area is 93.3 Å². The molecular formula is C11H15N3O2. The van der Waals surface area contributed by atoms with E-state index in [0.29, 0.717) is 24.8 Å². The third kappa shape index (κ3) is 2.30. The summed E-state index contributed by atoms with van der Waals surface area (Å²) in [7, 11) is 0. The van der Waals surface area contributed by atoms with Crippen molar-refractivity contribution in [1.82, 2.24) is 9.88 Å². The largest absolute Gasteiger partial charge is 0.333 e. The van der Waals surface area contributed by atoms with Crippen LogP contribution in [0.4, 0.5) is 0 Å². The molecule has 5 heteroatoms. The first-order valence-electron chi connectivity index (χ1n) is 5.43. The minimum Gasteiger partial charge on any atom is -0.333 e. The number of hydrogen-bond acceptors (Lipinski definition) is 3. The predicted octanol–water partition coefficient (Wildman–Crippen LogP) is -0.0618. The summed E-state index contributed by atoms with van der Waals surface area (Å²) in [5.74, 6) is -0.134. The van der Waals surface area contributed by atoms with Crippen molar-refractivity contribution in [3.8, 4) is 0 Å². The molecule has 16 heavy (non-hydrogen) atoms. The van der Waals surface area contributed by atoms with Gasteiger partial charge in [0.05, 0.1) is 0 Å². The zero-order chi connectivity index (χ0) is 11.5. The zero-order valence-corrected chi connectivity index (χ0v) is 8.98. The van der Waals surface area contributed by atoms with Crippen LogP contribution in [-0.2, 0) is 0 Å². The van der Waals surface area contributed by atoms with Crippen LogP contribution in [0, 0.1) is 0 Å². The van der Waals surface area contributed by atoms with E-state index in [1.165, 1.54) is 6.07 Å². The minimum absolute atomic E-state index is 0.134. The van der Waals surface area contributed by atoms with E-state index in [-0.39, 0.29) is 11.5 Å². The zero-order valence-electron chi connectivity index (χ0n) is 8.98. The summed E-state index contributed by atoms with van der Waals surface area (Å²) in [6.07, 6.45) is 2.06. The Morgan fingerprint density at radius 1 is 1.50 bits per heavy atom. The summed E-state index contributed by atoms with van der Waals surface area (Å²) in [5, 5.41) is 0. The lowest BCUT2D eigenvalue weighted by atomic mass is 10.3. The van der Waals surface area contributed by atoms with Gasteiger partial charge in [0.25, 0.3) is 5.91 Å². The van der Waals surface area contributed by atoms with E-state index in [0.717, 1.165) is 12.8 Å². The van der Waals surface area contributed by atoms with Crippen LogP contribution in [0.1, 0.15) is 23.3 Å². The Balaban J connectivity index is 2.18. The van der Waals surface area contributed by atoms with Gasteiger partial charge in [-0.25, -0.2) is 0 Å². The molecular weight excluding hydrogens is 206 g/mol. The Kier molecular flexibility index (Phi) is 3.05. The van der Waals surface area contributed by atoms with E-state index in [1.807, 2.05) is 0 Å². The van der Waals surface area contributed by atoms with Crippen molar-refractivity contribution in [3.63, 3.8) is 0 Å². The number of amides is 1. The fourth-order valence-electron chi connectivity index (χ4n) is 1.70. The minimum atomic E-state index is -0.255. The Morgan fingerprint density at radius 3 is 2.81 bits per heavy atom. The maximum absolute atomic E-state index is 12.1. The van der Waals surface area contributed by atoms with E-state index >= 15 is 0 Å². The number of H-pyrrole nitrogens is 1. The highest BCUT2D eigenvalue weighted by Gasteiger charge is 2.32. The number of aromatic amines is 1. The number of nitrogens with two attached hydrogens (primary N) is 1. The van der Waals surface area contributed by atoms with Crippen LogP contribution < -0.4 is 11.3 Å². The maximum Gasteiger partial charge on any atom is 0.270 e. The third-order valence-electron chi connectivity index (χ3n) is 2.62. The van der Waals surface area contributed by atoms with Crippen molar-refractivity contribution >= 4 is 5.91 Å². The van der Waals surface area contributed by atoms with Crippen LogP contribution >= 0.6 is 0 Å². The SMILES string of the molecule is NCCN(C(=O)c1cccc(=O)[nH]1)C1CC1. The van der Waals surface area contributed by atoms with E-state index in [4.69, 9.17) is 5.73 Å². The van der Waals surface area contributed by atoms with Gasteiger partial charge in [-0.05, 0) is 18.9 Å². The van der Waals surface area contributed by atoms with Gasteiger partial charge in [0.1, 0.15) is 5.69 Å². The second kappa shape index (κ2) is 4.49. The molecule has 0 unspecified atom stereocenters. The summed E-state index contributed by atoms with van der Waals surface area (Å²) in [5.41, 5.74) is 5.56. The van der Waals surface area contributed by atoms with Crippen molar-refractivity contribution in [2.24, 2.45) is 5.73 Å². The summed E-state index contributed by atoms with van der Waals surface area (Å²) < 4.78 is 0. The number of nitrogens with zero attached hydrogens (tertiary/aromatic N) is 1. The normalized spacial score (nSPS) is 14.8. The van der Waals surface area contributed by atoms with Crippen molar-refractivity contribution in [3.05, 3.63) is 34.2 Å². The van der Waals surface area contributed by atoms with E-state index in [9.17, 15) is 9.59 Å². The highest BCUT2D eigenvalue weighted by molar-refractivity contribution is 5.92. The second-order valence-electron chi connectivity index (χ2n) is 3.95. The van der Waals surface area contributed by atoms with Gasteiger partial charge in [0.2, 0.25) is 5.56 Å². The first-order valence-corrected chi connectivity index (χ1v) is 5.43. The lowest BCUT2D eigenvalue weighted by Gasteiger charge is -2.21. The van der Waals surface area contributed by atoms with Gasteiger partial charge in [0, 0.05) is 25.2 Å². The number of nitrogens with one attached hydrogen (secondary N) is 1. The van der Waals surface area contributed by atoms with Gasteiger partial charge in [-0.15, -0.1) is 0 Å². The van der Waals surface area contributed by atoms with Gasteiger partial charge in [-0.2, -0.15) is 0 Å². The van der Waals surface area contributed by atoms with E-state index < -0.39 is 0 Å². The smallest absolute Gasteiger partial charge is 0.270 e. The van der Waals surface area contributed by atoms with Crippen LogP contribution in [-0.4, -0.2) is 34.9 Å². The molecule has 1 fully saturated rings. The fraction of sp³-hybridized carbons (Fsp3) is 0.455. The molecule has 1 heterocycles. The van der Waals surface area contributed by atoms with Crippen LogP contribution in [0.15, 0.2) is 23.0 Å². The topological polar surface area (TPSA) is 79.2 Å². The summed E-state index contributed by atoms with van der Waals surface area (Å²) in [4.78, 5) is 27.5. The second-order valence-corrected chi connectivity index (χ2v) is 3.95.